The summed E-state index contributed by atoms with van der Waals surface area (Å²) in [5.41, 5.74) is 0. The zero-order valence-corrected chi connectivity index (χ0v) is 6.67. The molecule has 0 aromatic heterocycles. The van der Waals surface area contributed by atoms with E-state index in [2.05, 4.69) is 4.74 Å². The van der Waals surface area contributed by atoms with Crippen LogP contribution >= 0.6 is 0 Å². The second-order valence-corrected chi connectivity index (χ2v) is 2.17. The number of carboxylic acid groups (broad SMARTS) is 2. The van der Waals surface area contributed by atoms with Crippen LogP contribution < -0.4 is 0 Å². The maximum atomic E-state index is 10.2. The van der Waals surface area contributed by atoms with Crippen LogP contribution in [0.5, 0.6) is 0 Å². The molecule has 0 amide bonds. The first-order chi connectivity index (χ1) is 6.06. The molecule has 0 unspecified atom stereocenters. The fourth-order valence-corrected chi connectivity index (χ4v) is 0.666. The Morgan fingerprint density at radius 3 is 2.00 bits per heavy atom. The molecule has 0 aliphatic heterocycles. The van der Waals surface area contributed by atoms with Gasteiger partial charge in [0.25, 0.3) is 6.47 Å². The highest BCUT2D eigenvalue weighted by molar-refractivity contribution is 5.72. The van der Waals surface area contributed by atoms with E-state index in [4.69, 9.17) is 10.2 Å². The van der Waals surface area contributed by atoms with Crippen LogP contribution in [0, 0.1) is 0 Å². The molecule has 0 aromatic rings. The molecule has 74 valence electrons. The SMILES string of the molecule is O=COCN(CC(=O)O)CC(=O)O. The van der Waals surface area contributed by atoms with E-state index in [1.807, 2.05) is 0 Å². The first kappa shape index (κ1) is 11.4. The monoisotopic (exact) mass is 191 g/mol. The number of carboxylic acids is 2. The Morgan fingerprint density at radius 1 is 1.23 bits per heavy atom. The fraction of sp³-hybridized carbons (Fsp3) is 0.500. The van der Waals surface area contributed by atoms with Gasteiger partial charge in [-0.05, 0) is 0 Å². The number of nitrogens with zero attached hydrogens (tertiary/aromatic N) is 1. The Kier molecular flexibility index (Phi) is 5.20. The predicted molar refractivity (Wildman–Crippen MR) is 38.9 cm³/mol. The number of aliphatic carboxylic acids is 2. The van der Waals surface area contributed by atoms with Crippen molar-refractivity contribution in [3.8, 4) is 0 Å². The van der Waals surface area contributed by atoms with Crippen LogP contribution in [0.3, 0.4) is 0 Å². The lowest BCUT2D eigenvalue weighted by Gasteiger charge is -2.15. The summed E-state index contributed by atoms with van der Waals surface area (Å²) < 4.78 is 4.22. The van der Waals surface area contributed by atoms with Gasteiger partial charge in [0.05, 0.1) is 13.1 Å². The molecule has 7 nitrogen and oxygen atoms in total. The molecule has 0 aliphatic carbocycles. The minimum absolute atomic E-state index is 0.122. The Hall–Kier alpha value is -1.63. The third-order valence-corrected chi connectivity index (χ3v) is 1.04. The highest BCUT2D eigenvalue weighted by atomic mass is 16.5. The maximum Gasteiger partial charge on any atom is 0.317 e. The molecule has 0 rings (SSSR count). The molecule has 0 spiro atoms. The van der Waals surface area contributed by atoms with Crippen molar-refractivity contribution >= 4 is 18.4 Å². The average molecular weight is 191 g/mol. The van der Waals surface area contributed by atoms with Crippen molar-refractivity contribution in [3.63, 3.8) is 0 Å². The number of hydrogen-bond acceptors (Lipinski definition) is 5. The van der Waals surface area contributed by atoms with Gasteiger partial charge in [0.2, 0.25) is 0 Å². The lowest BCUT2D eigenvalue weighted by atomic mass is 10.5. The van der Waals surface area contributed by atoms with E-state index in [0.717, 1.165) is 4.90 Å². The van der Waals surface area contributed by atoms with E-state index >= 15 is 0 Å². The minimum atomic E-state index is -1.18. The highest BCUT2D eigenvalue weighted by Gasteiger charge is 2.12. The van der Waals surface area contributed by atoms with Crippen molar-refractivity contribution in [2.24, 2.45) is 0 Å². The van der Waals surface area contributed by atoms with E-state index in [-0.39, 0.29) is 13.2 Å². The van der Waals surface area contributed by atoms with Crippen LogP contribution in [0.4, 0.5) is 0 Å². The van der Waals surface area contributed by atoms with Crippen LogP contribution in [0.1, 0.15) is 0 Å². The molecule has 0 atom stereocenters. The molecule has 0 radical (unpaired) electrons. The molecule has 0 aliphatic rings. The molecular formula is C6H9NO6. The summed E-state index contributed by atoms with van der Waals surface area (Å²) in [6, 6.07) is 0. The van der Waals surface area contributed by atoms with Gasteiger partial charge in [0.1, 0.15) is 6.73 Å². The van der Waals surface area contributed by atoms with Crippen LogP contribution in [0.25, 0.3) is 0 Å². The normalized spacial score (nSPS) is 9.62. The Bertz CT molecular complexity index is 187. The van der Waals surface area contributed by atoms with Gasteiger partial charge in [-0.1, -0.05) is 0 Å². The summed E-state index contributed by atoms with van der Waals surface area (Å²) in [6.07, 6.45) is 0. The smallest absolute Gasteiger partial charge is 0.317 e. The zero-order chi connectivity index (χ0) is 10.3. The molecule has 7 heteroatoms. The van der Waals surface area contributed by atoms with Crippen molar-refractivity contribution in [2.75, 3.05) is 19.8 Å². The second-order valence-electron chi connectivity index (χ2n) is 2.17. The molecule has 0 heterocycles. The first-order valence-corrected chi connectivity index (χ1v) is 3.27. The molecule has 13 heavy (non-hydrogen) atoms. The minimum Gasteiger partial charge on any atom is -0.480 e. The Balaban J connectivity index is 3.93. The van der Waals surface area contributed by atoms with Gasteiger partial charge in [-0.25, -0.2) is 4.90 Å². The largest absolute Gasteiger partial charge is 0.480 e. The molecule has 0 bridgehead atoms. The topological polar surface area (TPSA) is 104 Å². The van der Waals surface area contributed by atoms with Gasteiger partial charge in [0, 0.05) is 0 Å². The summed E-state index contributed by atoms with van der Waals surface area (Å²) in [6.45, 7) is -1.20. The van der Waals surface area contributed by atoms with Crippen molar-refractivity contribution in [2.45, 2.75) is 0 Å². The Morgan fingerprint density at radius 2 is 1.69 bits per heavy atom. The Labute approximate surface area is 73.5 Å². The van der Waals surface area contributed by atoms with Crippen molar-refractivity contribution < 1.29 is 29.3 Å². The standard InChI is InChI=1S/C6H9NO6/c8-4-13-3-7(1-5(9)10)2-6(11)12/h4H,1-3H2,(H,9,10)(H,11,12). The summed E-state index contributed by atoms with van der Waals surface area (Å²) in [7, 11) is 0. The summed E-state index contributed by atoms with van der Waals surface area (Å²) in [5.74, 6) is -2.37. The van der Waals surface area contributed by atoms with E-state index in [0.29, 0.717) is 0 Å². The summed E-state index contributed by atoms with van der Waals surface area (Å²) >= 11 is 0. The van der Waals surface area contributed by atoms with Crippen LogP contribution in [-0.4, -0.2) is 53.3 Å². The lowest BCUT2D eigenvalue weighted by Crippen LogP contribution is -2.36. The first-order valence-electron chi connectivity index (χ1n) is 3.27. The molecule has 0 fully saturated rings. The van der Waals surface area contributed by atoms with Gasteiger partial charge in [-0.2, -0.15) is 0 Å². The van der Waals surface area contributed by atoms with E-state index in [1.165, 1.54) is 0 Å². The summed E-state index contributed by atoms with van der Waals surface area (Å²) in [4.78, 5) is 31.0. The zero-order valence-electron chi connectivity index (χ0n) is 6.67. The number of carbonyl (C=O) groups excluding carboxylic acids is 1. The number of ether oxygens (including phenoxy) is 1. The number of hydrogen-bond donors (Lipinski definition) is 2. The van der Waals surface area contributed by atoms with E-state index in [9.17, 15) is 14.4 Å². The molecule has 0 saturated carbocycles. The maximum absolute atomic E-state index is 10.2. The fourth-order valence-electron chi connectivity index (χ4n) is 0.666. The summed E-state index contributed by atoms with van der Waals surface area (Å²) in [5, 5.41) is 16.6. The molecule has 2 N–H and O–H groups in total. The van der Waals surface area contributed by atoms with Crippen LogP contribution in [-0.2, 0) is 19.1 Å². The molecule has 0 aromatic carbocycles. The second kappa shape index (κ2) is 5.95. The van der Waals surface area contributed by atoms with Gasteiger partial charge in [-0.15, -0.1) is 0 Å². The van der Waals surface area contributed by atoms with Crippen molar-refractivity contribution in [1.29, 1.82) is 0 Å². The van der Waals surface area contributed by atoms with E-state index < -0.39 is 25.0 Å². The van der Waals surface area contributed by atoms with E-state index in [1.54, 1.807) is 0 Å². The van der Waals surface area contributed by atoms with Gasteiger partial charge in [0.15, 0.2) is 0 Å². The number of rotatable bonds is 7. The third-order valence-electron chi connectivity index (χ3n) is 1.04. The average Bonchev–Trinajstić information content (AvgIpc) is 1.98. The number of carbonyl (C=O) groups is 3. The highest BCUT2D eigenvalue weighted by Crippen LogP contribution is 1.88. The quantitative estimate of drug-likeness (QED) is 0.376. The molecular weight excluding hydrogens is 182 g/mol. The van der Waals surface area contributed by atoms with Gasteiger partial charge >= 0.3 is 11.9 Å². The lowest BCUT2D eigenvalue weighted by molar-refractivity contribution is -0.148. The third kappa shape index (κ3) is 6.76. The van der Waals surface area contributed by atoms with Gasteiger partial charge in [-0.3, -0.25) is 14.4 Å². The van der Waals surface area contributed by atoms with Crippen LogP contribution in [0.15, 0.2) is 0 Å². The molecule has 0 saturated heterocycles. The van der Waals surface area contributed by atoms with Crippen molar-refractivity contribution in [3.05, 3.63) is 0 Å². The predicted octanol–water partition coefficient (Wildman–Crippen LogP) is -1.41. The van der Waals surface area contributed by atoms with Gasteiger partial charge < -0.3 is 14.9 Å². The van der Waals surface area contributed by atoms with Crippen molar-refractivity contribution in [1.82, 2.24) is 4.90 Å². The van der Waals surface area contributed by atoms with Crippen LogP contribution in [0.2, 0.25) is 0 Å².